The van der Waals surface area contributed by atoms with Crippen LogP contribution in [-0.2, 0) is 4.79 Å². The van der Waals surface area contributed by atoms with Gasteiger partial charge in [0.15, 0.2) is 0 Å². The van der Waals surface area contributed by atoms with Gasteiger partial charge in [-0.3, -0.25) is 4.79 Å². The van der Waals surface area contributed by atoms with E-state index >= 15 is 0 Å². The maximum absolute atomic E-state index is 11.2. The maximum atomic E-state index is 11.2. The number of carbonyl (C=O) groups excluding carboxylic acids is 1. The molecule has 2 aliphatic carbocycles. The minimum Gasteiger partial charge on any atom is -0.396 e. The molecular weight excluding hydrogens is 152 g/mol. The quantitative estimate of drug-likeness (QED) is 0.676. The Hall–Kier alpha value is -0.370. The molecule has 2 bridgehead atoms. The summed E-state index contributed by atoms with van der Waals surface area (Å²) in [6, 6.07) is 0. The second-order valence-corrected chi connectivity index (χ2v) is 4.32. The van der Waals surface area contributed by atoms with E-state index in [0.717, 1.165) is 19.3 Å². The molecule has 0 aromatic carbocycles. The van der Waals surface area contributed by atoms with Crippen LogP contribution in [0.25, 0.3) is 0 Å². The van der Waals surface area contributed by atoms with Crippen LogP contribution in [0.1, 0.15) is 32.1 Å². The molecule has 0 radical (unpaired) electrons. The van der Waals surface area contributed by atoms with Crippen molar-refractivity contribution in [2.75, 3.05) is 6.61 Å². The van der Waals surface area contributed by atoms with Gasteiger partial charge in [-0.05, 0) is 37.0 Å². The van der Waals surface area contributed by atoms with Crippen LogP contribution in [0.3, 0.4) is 0 Å². The summed E-state index contributed by atoms with van der Waals surface area (Å²) in [4.78, 5) is 11.2. The number of ketones is 1. The lowest BCUT2D eigenvalue weighted by molar-refractivity contribution is -0.122. The largest absolute Gasteiger partial charge is 0.396 e. The van der Waals surface area contributed by atoms with E-state index in [1.165, 1.54) is 12.8 Å². The zero-order valence-corrected chi connectivity index (χ0v) is 7.33. The van der Waals surface area contributed by atoms with E-state index in [1.54, 1.807) is 0 Å². The zero-order chi connectivity index (χ0) is 8.55. The van der Waals surface area contributed by atoms with Gasteiger partial charge >= 0.3 is 0 Å². The number of carbonyl (C=O) groups is 1. The van der Waals surface area contributed by atoms with E-state index in [0.29, 0.717) is 30.1 Å². The van der Waals surface area contributed by atoms with Crippen molar-refractivity contribution in [1.82, 2.24) is 0 Å². The van der Waals surface area contributed by atoms with Crippen LogP contribution in [0.4, 0.5) is 0 Å². The van der Waals surface area contributed by atoms with Gasteiger partial charge < -0.3 is 5.11 Å². The van der Waals surface area contributed by atoms with Gasteiger partial charge in [0.25, 0.3) is 0 Å². The molecule has 12 heavy (non-hydrogen) atoms. The Labute approximate surface area is 73.0 Å². The highest BCUT2D eigenvalue weighted by molar-refractivity contribution is 5.80. The summed E-state index contributed by atoms with van der Waals surface area (Å²) in [5.74, 6) is 2.37. The average Bonchev–Trinajstić information content (AvgIpc) is 2.28. The van der Waals surface area contributed by atoms with Gasteiger partial charge in [0.2, 0.25) is 0 Å². The molecule has 2 rings (SSSR count). The predicted octanol–water partition coefficient (Wildman–Crippen LogP) is 1.37. The standard InChI is InChI=1S/C10H16O2/c11-2-1-8-3-7-4-9(8)6-10(12)5-7/h7-9,11H,1-6H2/t7-,8+,9+/m0/s1. The molecule has 2 aliphatic rings. The molecule has 0 saturated heterocycles. The topological polar surface area (TPSA) is 37.3 Å². The van der Waals surface area contributed by atoms with Crippen LogP contribution in [-0.4, -0.2) is 17.5 Å². The van der Waals surface area contributed by atoms with Crippen molar-refractivity contribution in [3.8, 4) is 0 Å². The molecule has 0 amide bonds. The number of aliphatic hydroxyl groups is 1. The molecule has 3 atom stereocenters. The fourth-order valence-electron chi connectivity index (χ4n) is 2.97. The zero-order valence-electron chi connectivity index (χ0n) is 7.33. The first-order chi connectivity index (χ1) is 5.79. The first-order valence-corrected chi connectivity index (χ1v) is 4.92. The highest BCUT2D eigenvalue weighted by Crippen LogP contribution is 2.45. The SMILES string of the molecule is O=C1C[C@H]2C[C@@H](CCO)[C@@H](C1)C2. The van der Waals surface area contributed by atoms with E-state index < -0.39 is 0 Å². The van der Waals surface area contributed by atoms with Crippen LogP contribution in [0.15, 0.2) is 0 Å². The number of fused-ring (bicyclic) bond motifs is 2. The van der Waals surface area contributed by atoms with Gasteiger partial charge in [0.1, 0.15) is 5.78 Å². The van der Waals surface area contributed by atoms with Crippen LogP contribution in [0.2, 0.25) is 0 Å². The lowest BCUT2D eigenvalue weighted by atomic mass is 9.85. The van der Waals surface area contributed by atoms with Crippen LogP contribution >= 0.6 is 0 Å². The smallest absolute Gasteiger partial charge is 0.133 e. The van der Waals surface area contributed by atoms with Gasteiger partial charge in [0, 0.05) is 19.4 Å². The summed E-state index contributed by atoms with van der Waals surface area (Å²) in [5.41, 5.74) is 0. The van der Waals surface area contributed by atoms with E-state index in [-0.39, 0.29) is 0 Å². The molecule has 2 fully saturated rings. The fourth-order valence-corrected chi connectivity index (χ4v) is 2.97. The molecule has 2 nitrogen and oxygen atoms in total. The normalized spacial score (nSPS) is 40.4. The Morgan fingerprint density at radius 1 is 1.33 bits per heavy atom. The highest BCUT2D eigenvalue weighted by Gasteiger charge is 2.39. The van der Waals surface area contributed by atoms with Crippen molar-refractivity contribution in [3.63, 3.8) is 0 Å². The number of hydrogen-bond donors (Lipinski definition) is 1. The Balaban J connectivity index is 1.99. The monoisotopic (exact) mass is 168 g/mol. The van der Waals surface area contributed by atoms with Crippen LogP contribution < -0.4 is 0 Å². The summed E-state index contributed by atoms with van der Waals surface area (Å²) in [5, 5.41) is 8.83. The summed E-state index contributed by atoms with van der Waals surface area (Å²) in [6.07, 6.45) is 4.96. The van der Waals surface area contributed by atoms with Gasteiger partial charge in [-0.1, -0.05) is 0 Å². The van der Waals surface area contributed by atoms with E-state index in [1.807, 2.05) is 0 Å². The third kappa shape index (κ3) is 1.40. The molecule has 0 heterocycles. The lowest BCUT2D eigenvalue weighted by Crippen LogP contribution is -2.17. The molecule has 2 saturated carbocycles. The third-order valence-electron chi connectivity index (χ3n) is 3.44. The lowest BCUT2D eigenvalue weighted by Gasteiger charge is -2.19. The summed E-state index contributed by atoms with van der Waals surface area (Å²) in [7, 11) is 0. The fraction of sp³-hybridized carbons (Fsp3) is 0.900. The van der Waals surface area contributed by atoms with Crippen molar-refractivity contribution in [2.45, 2.75) is 32.1 Å². The highest BCUT2D eigenvalue weighted by atomic mass is 16.3. The van der Waals surface area contributed by atoms with Gasteiger partial charge in [0.05, 0.1) is 0 Å². The number of Topliss-reactive ketones (excluding diaryl/α,β-unsaturated/α-hetero) is 1. The first kappa shape index (κ1) is 8.24. The third-order valence-corrected chi connectivity index (χ3v) is 3.44. The molecule has 2 heteroatoms. The minimum absolute atomic E-state index is 0.294. The van der Waals surface area contributed by atoms with Crippen LogP contribution in [0.5, 0.6) is 0 Å². The molecule has 0 aromatic rings. The Kier molecular flexibility index (Phi) is 2.18. The minimum atomic E-state index is 0.294. The van der Waals surface area contributed by atoms with Gasteiger partial charge in [-0.15, -0.1) is 0 Å². The van der Waals surface area contributed by atoms with E-state index in [2.05, 4.69) is 0 Å². The molecule has 68 valence electrons. The van der Waals surface area contributed by atoms with Crippen molar-refractivity contribution >= 4 is 5.78 Å². The first-order valence-electron chi connectivity index (χ1n) is 4.92. The molecule has 1 N–H and O–H groups in total. The second-order valence-electron chi connectivity index (χ2n) is 4.32. The van der Waals surface area contributed by atoms with Crippen molar-refractivity contribution in [1.29, 1.82) is 0 Å². The molecular formula is C10H16O2. The number of aliphatic hydroxyl groups excluding tert-OH is 1. The van der Waals surface area contributed by atoms with E-state index in [9.17, 15) is 4.79 Å². The molecule has 0 aliphatic heterocycles. The Morgan fingerprint density at radius 3 is 2.92 bits per heavy atom. The van der Waals surface area contributed by atoms with Crippen molar-refractivity contribution in [2.24, 2.45) is 17.8 Å². The maximum Gasteiger partial charge on any atom is 0.133 e. The van der Waals surface area contributed by atoms with Crippen molar-refractivity contribution < 1.29 is 9.90 Å². The summed E-state index contributed by atoms with van der Waals surface area (Å²) < 4.78 is 0. The summed E-state index contributed by atoms with van der Waals surface area (Å²) in [6.45, 7) is 0.294. The molecule has 0 spiro atoms. The summed E-state index contributed by atoms with van der Waals surface area (Å²) >= 11 is 0. The van der Waals surface area contributed by atoms with E-state index in [4.69, 9.17) is 5.11 Å². The van der Waals surface area contributed by atoms with Gasteiger partial charge in [-0.2, -0.15) is 0 Å². The molecule has 0 aromatic heterocycles. The van der Waals surface area contributed by atoms with Crippen molar-refractivity contribution in [3.05, 3.63) is 0 Å². The Morgan fingerprint density at radius 2 is 2.17 bits per heavy atom. The second kappa shape index (κ2) is 3.17. The average molecular weight is 168 g/mol. The Bertz CT molecular complexity index is 188. The van der Waals surface area contributed by atoms with Crippen LogP contribution in [0, 0.1) is 17.8 Å². The predicted molar refractivity (Wildman–Crippen MR) is 45.6 cm³/mol. The van der Waals surface area contributed by atoms with Gasteiger partial charge in [-0.25, -0.2) is 0 Å². The number of hydrogen-bond acceptors (Lipinski definition) is 2. The number of rotatable bonds is 2. The molecule has 0 unspecified atom stereocenters.